The van der Waals surface area contributed by atoms with Crippen LogP contribution in [-0.2, 0) is 19.1 Å². The number of allylic oxidation sites excluding steroid dienone is 13. The van der Waals surface area contributed by atoms with Crippen LogP contribution < -0.4 is 5.32 Å². The van der Waals surface area contributed by atoms with Crippen molar-refractivity contribution in [3.05, 3.63) is 84.6 Å². The molecule has 57 heavy (non-hydrogen) atoms. The topological polar surface area (TPSA) is 116 Å². The number of amides is 2. The quantitative estimate of drug-likeness (QED) is 0.0510. The van der Waals surface area contributed by atoms with Gasteiger partial charge in [0.25, 0.3) is 0 Å². The minimum Gasteiger partial charge on any atom is -0.461 e. The van der Waals surface area contributed by atoms with Crippen LogP contribution in [0.2, 0.25) is 0 Å². The Kier molecular flexibility index (Phi) is 21.7. The van der Waals surface area contributed by atoms with E-state index >= 15 is 0 Å². The van der Waals surface area contributed by atoms with E-state index in [0.717, 1.165) is 57.8 Å². The maximum atomic E-state index is 13.1. The standard InChI is InChI=1S/C49H76N2O6/c1-7-9-10-11-12-13-14-15-16-17-18-19-20-21-22-23-24-25-46(55)51-31-30-40(36-51)50-45(54)35-42(53)34-41(52)28-29-43-38(4)26-27-39-32-37(3)33-44(47(39)43)57-48(56)49(5,6)8-2/h9-10,12-13,15-16,18-19,21-22,26-27,32,37-38,40-44,47,52-53H,7-8,11,14,17,20,23-25,28-31,33-36H2,1-6H3,(H,50,54)/t37-,38-,40+,41-,42+,43-,44?,47?/m0/s1. The Morgan fingerprint density at radius 1 is 0.930 bits per heavy atom. The molecule has 3 rings (SSSR count). The van der Waals surface area contributed by atoms with Gasteiger partial charge in [0.15, 0.2) is 0 Å². The normalized spacial score (nSPS) is 25.2. The van der Waals surface area contributed by atoms with Crippen LogP contribution in [0.15, 0.2) is 84.6 Å². The minimum atomic E-state index is -0.963. The fraction of sp³-hybridized carbons (Fsp3) is 0.653. The number of carbonyl (C=O) groups excluding carboxylic acids is 3. The monoisotopic (exact) mass is 789 g/mol. The molecule has 3 aliphatic rings. The molecule has 0 bridgehead atoms. The molecule has 2 aliphatic carbocycles. The first-order valence-corrected chi connectivity index (χ1v) is 22.1. The molecule has 318 valence electrons. The molecule has 0 aromatic heterocycles. The van der Waals surface area contributed by atoms with E-state index < -0.39 is 17.6 Å². The summed E-state index contributed by atoms with van der Waals surface area (Å²) in [6, 6.07) is -0.129. The van der Waals surface area contributed by atoms with E-state index in [9.17, 15) is 24.6 Å². The van der Waals surface area contributed by atoms with Crippen molar-refractivity contribution in [3.8, 4) is 0 Å². The average molecular weight is 789 g/mol. The van der Waals surface area contributed by atoms with E-state index in [1.54, 1.807) is 0 Å². The highest BCUT2D eigenvalue weighted by atomic mass is 16.5. The Morgan fingerprint density at radius 2 is 1.56 bits per heavy atom. The van der Waals surface area contributed by atoms with E-state index in [-0.39, 0.29) is 60.5 Å². The smallest absolute Gasteiger partial charge is 0.311 e. The molecular weight excluding hydrogens is 713 g/mol. The lowest BCUT2D eigenvalue weighted by atomic mass is 9.65. The Balaban J connectivity index is 1.31. The van der Waals surface area contributed by atoms with Crippen molar-refractivity contribution in [2.75, 3.05) is 13.1 Å². The molecule has 1 heterocycles. The molecule has 8 atom stereocenters. The van der Waals surface area contributed by atoms with Crippen molar-refractivity contribution in [3.63, 3.8) is 0 Å². The van der Waals surface area contributed by atoms with Crippen molar-refractivity contribution in [1.82, 2.24) is 10.2 Å². The Bertz CT molecular complexity index is 1450. The number of carbonyl (C=O) groups is 3. The van der Waals surface area contributed by atoms with Crippen molar-refractivity contribution < 1.29 is 29.3 Å². The number of rotatable bonds is 24. The van der Waals surface area contributed by atoms with Crippen molar-refractivity contribution in [1.29, 1.82) is 0 Å². The largest absolute Gasteiger partial charge is 0.461 e. The van der Waals surface area contributed by atoms with Gasteiger partial charge in [-0.25, -0.2) is 0 Å². The summed E-state index contributed by atoms with van der Waals surface area (Å²) >= 11 is 0. The van der Waals surface area contributed by atoms with Crippen molar-refractivity contribution in [2.24, 2.45) is 29.1 Å². The van der Waals surface area contributed by atoms with E-state index in [4.69, 9.17) is 4.74 Å². The van der Waals surface area contributed by atoms with Crippen LogP contribution in [0, 0.1) is 29.1 Å². The summed E-state index contributed by atoms with van der Waals surface area (Å²) in [6.07, 6.45) is 37.0. The number of ether oxygens (including phenoxy) is 1. The second-order valence-corrected chi connectivity index (χ2v) is 17.3. The zero-order valence-electron chi connectivity index (χ0n) is 36.1. The first-order valence-electron chi connectivity index (χ1n) is 22.1. The highest BCUT2D eigenvalue weighted by molar-refractivity contribution is 5.78. The van der Waals surface area contributed by atoms with Gasteiger partial charge in [-0.1, -0.05) is 107 Å². The third kappa shape index (κ3) is 17.5. The molecule has 3 N–H and O–H groups in total. The van der Waals surface area contributed by atoms with Crippen LogP contribution in [0.25, 0.3) is 0 Å². The van der Waals surface area contributed by atoms with E-state index in [2.05, 4.69) is 105 Å². The molecule has 2 unspecified atom stereocenters. The zero-order chi connectivity index (χ0) is 41.6. The van der Waals surface area contributed by atoms with Gasteiger partial charge in [0.2, 0.25) is 11.8 Å². The van der Waals surface area contributed by atoms with Gasteiger partial charge < -0.3 is 25.2 Å². The number of esters is 1. The van der Waals surface area contributed by atoms with Gasteiger partial charge in [0.05, 0.1) is 24.0 Å². The van der Waals surface area contributed by atoms with Gasteiger partial charge in [-0.05, 0) is 121 Å². The van der Waals surface area contributed by atoms with E-state index in [1.165, 1.54) is 5.57 Å². The number of unbranched alkanes of at least 4 members (excludes halogenated alkanes) is 1. The fourth-order valence-corrected chi connectivity index (χ4v) is 8.07. The van der Waals surface area contributed by atoms with Gasteiger partial charge in [0, 0.05) is 31.5 Å². The number of hydrogen-bond donors (Lipinski definition) is 3. The van der Waals surface area contributed by atoms with Gasteiger partial charge in [-0.15, -0.1) is 0 Å². The summed E-state index contributed by atoms with van der Waals surface area (Å²) in [5.41, 5.74) is 0.672. The summed E-state index contributed by atoms with van der Waals surface area (Å²) in [4.78, 5) is 40.6. The first-order chi connectivity index (χ1) is 27.3. The molecule has 1 aliphatic heterocycles. The van der Waals surface area contributed by atoms with Gasteiger partial charge in [-0.2, -0.15) is 0 Å². The fourth-order valence-electron chi connectivity index (χ4n) is 8.07. The van der Waals surface area contributed by atoms with Crippen LogP contribution in [0.3, 0.4) is 0 Å². The summed E-state index contributed by atoms with van der Waals surface area (Å²) in [5, 5.41) is 24.7. The minimum absolute atomic E-state index is 0.0717. The summed E-state index contributed by atoms with van der Waals surface area (Å²) in [7, 11) is 0. The van der Waals surface area contributed by atoms with Crippen molar-refractivity contribution >= 4 is 17.8 Å². The molecule has 8 nitrogen and oxygen atoms in total. The Labute approximate surface area is 345 Å². The zero-order valence-corrected chi connectivity index (χ0v) is 36.1. The molecule has 1 saturated heterocycles. The maximum absolute atomic E-state index is 13.1. The maximum Gasteiger partial charge on any atom is 0.311 e. The van der Waals surface area contributed by atoms with Crippen LogP contribution in [0.1, 0.15) is 138 Å². The molecule has 8 heteroatoms. The van der Waals surface area contributed by atoms with Gasteiger partial charge >= 0.3 is 5.97 Å². The van der Waals surface area contributed by atoms with Crippen LogP contribution in [0.4, 0.5) is 0 Å². The highest BCUT2D eigenvalue weighted by Crippen LogP contribution is 2.45. The molecule has 0 aromatic carbocycles. The lowest BCUT2D eigenvalue weighted by Gasteiger charge is -2.44. The number of hydrogen-bond acceptors (Lipinski definition) is 6. The first kappa shape index (κ1) is 47.9. The predicted octanol–water partition coefficient (Wildman–Crippen LogP) is 9.66. The molecule has 0 spiro atoms. The predicted molar refractivity (Wildman–Crippen MR) is 233 cm³/mol. The number of aliphatic hydroxyl groups is 2. The summed E-state index contributed by atoms with van der Waals surface area (Å²) < 4.78 is 6.22. The van der Waals surface area contributed by atoms with Crippen LogP contribution in [-0.4, -0.2) is 70.3 Å². The Hall–Kier alpha value is -3.49. The highest BCUT2D eigenvalue weighted by Gasteiger charge is 2.43. The molecule has 1 fully saturated rings. The van der Waals surface area contributed by atoms with Crippen LogP contribution in [0.5, 0.6) is 0 Å². The second kappa shape index (κ2) is 25.8. The second-order valence-electron chi connectivity index (χ2n) is 17.3. The third-order valence-corrected chi connectivity index (χ3v) is 11.9. The number of aliphatic hydroxyl groups excluding tert-OH is 2. The lowest BCUT2D eigenvalue weighted by molar-refractivity contribution is -0.164. The van der Waals surface area contributed by atoms with E-state index in [0.29, 0.717) is 44.7 Å². The third-order valence-electron chi connectivity index (χ3n) is 11.9. The Morgan fingerprint density at radius 3 is 2.19 bits per heavy atom. The van der Waals surface area contributed by atoms with E-state index in [1.807, 2.05) is 25.7 Å². The molecule has 0 radical (unpaired) electrons. The number of nitrogens with one attached hydrogen (secondary N) is 1. The molecule has 0 aromatic rings. The number of likely N-dealkylation sites (tertiary alicyclic amines) is 1. The molecular formula is C49H76N2O6. The lowest BCUT2D eigenvalue weighted by Crippen LogP contribution is -2.43. The average Bonchev–Trinajstić information content (AvgIpc) is 3.63. The van der Waals surface area contributed by atoms with Crippen LogP contribution >= 0.6 is 0 Å². The number of nitrogens with zero attached hydrogens (tertiary/aromatic N) is 1. The summed E-state index contributed by atoms with van der Waals surface area (Å²) in [5.74, 6) is 0.526. The van der Waals surface area contributed by atoms with Gasteiger partial charge in [-0.3, -0.25) is 14.4 Å². The SMILES string of the molecule is CCC=CCC=CCC=CCC=CCC=CCCCC(=O)N1CC[C@@H](NC(=O)C[C@H](O)C[C@@H](O)CC[C@@H]2C3C(=C[C@H](C)CC3OC(=O)C(C)(C)CC)C=C[C@@H]2C)C1. The summed E-state index contributed by atoms with van der Waals surface area (Å²) in [6.45, 7) is 13.5. The molecule has 0 saturated carbocycles. The number of fused-ring (bicyclic) bond motifs is 1. The van der Waals surface area contributed by atoms with Crippen molar-refractivity contribution in [2.45, 2.75) is 162 Å². The van der Waals surface area contributed by atoms with Gasteiger partial charge in [0.1, 0.15) is 6.10 Å². The molecule has 2 amide bonds.